The number of allylic oxidation sites excluding steroid dienone is 1. The van der Waals surface area contributed by atoms with Crippen LogP contribution in [0.15, 0.2) is 22.8 Å². The minimum Gasteiger partial charge on any atom is -0.478 e. The number of carbonyl (C=O) groups excluding carboxylic acids is 1. The predicted molar refractivity (Wildman–Crippen MR) is 62.8 cm³/mol. The molecule has 0 aromatic rings. The number of Topliss-reactive ketones (excluding diaryl/α,β-unsaturated/α-hetero) is 1. The summed E-state index contributed by atoms with van der Waals surface area (Å²) in [7, 11) is 0. The molecule has 2 N–H and O–H groups in total. The fourth-order valence-corrected chi connectivity index (χ4v) is 2.15. The molecule has 0 heterocycles. The van der Waals surface area contributed by atoms with Gasteiger partial charge in [0.05, 0.1) is 17.1 Å². The summed E-state index contributed by atoms with van der Waals surface area (Å²) in [5, 5.41) is 18.0. The van der Waals surface area contributed by atoms with Crippen molar-refractivity contribution in [3.8, 4) is 0 Å². The summed E-state index contributed by atoms with van der Waals surface area (Å²) in [6, 6.07) is 0. The molecular formula is C11H10O5S. The Kier molecular flexibility index (Phi) is 3.57. The monoisotopic (exact) mass is 254 g/mol. The van der Waals surface area contributed by atoms with E-state index in [0.717, 1.165) is 0 Å². The Morgan fingerprint density at radius 2 is 1.76 bits per heavy atom. The molecule has 0 radical (unpaired) electrons. The largest absolute Gasteiger partial charge is 0.478 e. The summed E-state index contributed by atoms with van der Waals surface area (Å²) in [6.45, 7) is 2.59. The van der Waals surface area contributed by atoms with E-state index in [2.05, 4.69) is 0 Å². The molecular weight excluding hydrogens is 244 g/mol. The molecule has 1 atom stereocenters. The second-order valence-electron chi connectivity index (χ2n) is 3.65. The maximum atomic E-state index is 11.4. The lowest BCUT2D eigenvalue weighted by Crippen LogP contribution is -2.31. The lowest BCUT2D eigenvalue weighted by molar-refractivity contribution is -0.134. The summed E-state index contributed by atoms with van der Waals surface area (Å²) >= 11 is 4.89. The van der Waals surface area contributed by atoms with Gasteiger partial charge in [-0.2, -0.15) is 0 Å². The van der Waals surface area contributed by atoms with Crippen LogP contribution < -0.4 is 0 Å². The molecule has 0 saturated carbocycles. The van der Waals surface area contributed by atoms with Gasteiger partial charge in [-0.1, -0.05) is 12.2 Å². The van der Waals surface area contributed by atoms with E-state index < -0.39 is 23.6 Å². The van der Waals surface area contributed by atoms with Crippen LogP contribution in [0.5, 0.6) is 0 Å². The van der Waals surface area contributed by atoms with Gasteiger partial charge in [-0.25, -0.2) is 9.59 Å². The van der Waals surface area contributed by atoms with Crippen molar-refractivity contribution < 1.29 is 24.6 Å². The first kappa shape index (κ1) is 13.2. The highest BCUT2D eigenvalue weighted by Gasteiger charge is 2.35. The molecule has 17 heavy (non-hydrogen) atoms. The van der Waals surface area contributed by atoms with Crippen molar-refractivity contribution in [1.82, 2.24) is 0 Å². The normalized spacial score (nSPS) is 20.0. The minimum absolute atomic E-state index is 0.0258. The van der Waals surface area contributed by atoms with E-state index in [1.165, 1.54) is 19.9 Å². The van der Waals surface area contributed by atoms with Gasteiger partial charge in [-0.05, 0) is 25.5 Å². The van der Waals surface area contributed by atoms with Crippen molar-refractivity contribution in [3.05, 3.63) is 22.8 Å². The Morgan fingerprint density at radius 1 is 1.24 bits per heavy atom. The first-order valence-corrected chi connectivity index (χ1v) is 5.12. The molecule has 0 bridgehead atoms. The number of carboxylic acid groups (broad SMARTS) is 2. The van der Waals surface area contributed by atoms with E-state index in [0.29, 0.717) is 0 Å². The molecule has 1 unspecified atom stereocenters. The first-order valence-electron chi connectivity index (χ1n) is 4.71. The van der Waals surface area contributed by atoms with Crippen LogP contribution in [0.2, 0.25) is 0 Å². The number of carbonyl (C=O) groups is 3. The zero-order valence-corrected chi connectivity index (χ0v) is 10.00. The van der Waals surface area contributed by atoms with Crippen molar-refractivity contribution >= 4 is 34.8 Å². The number of hydrogen-bond donors (Lipinski definition) is 2. The fourth-order valence-electron chi connectivity index (χ4n) is 1.75. The Hall–Kier alpha value is -1.82. The van der Waals surface area contributed by atoms with Crippen LogP contribution >= 0.6 is 12.2 Å². The van der Waals surface area contributed by atoms with Gasteiger partial charge in [0.25, 0.3) is 0 Å². The summed E-state index contributed by atoms with van der Waals surface area (Å²) in [5.74, 6) is -4.03. The molecule has 6 heteroatoms. The van der Waals surface area contributed by atoms with Crippen LogP contribution in [0, 0.1) is 5.92 Å². The molecule has 1 aliphatic rings. The average Bonchev–Trinajstić information content (AvgIpc) is 2.18. The van der Waals surface area contributed by atoms with Gasteiger partial charge in [0.15, 0.2) is 0 Å². The lowest BCUT2D eigenvalue weighted by atomic mass is 9.81. The Morgan fingerprint density at radius 3 is 2.12 bits per heavy atom. The number of aliphatic carboxylic acids is 2. The molecule has 0 amide bonds. The van der Waals surface area contributed by atoms with Crippen molar-refractivity contribution in [2.24, 2.45) is 5.92 Å². The minimum atomic E-state index is -1.32. The van der Waals surface area contributed by atoms with Crippen molar-refractivity contribution in [1.29, 1.82) is 0 Å². The van der Waals surface area contributed by atoms with Crippen LogP contribution in [0.25, 0.3) is 0 Å². The van der Waals surface area contributed by atoms with E-state index >= 15 is 0 Å². The van der Waals surface area contributed by atoms with Gasteiger partial charge < -0.3 is 10.2 Å². The maximum absolute atomic E-state index is 11.4. The second-order valence-corrected chi connectivity index (χ2v) is 4.12. The van der Waals surface area contributed by atoms with Gasteiger partial charge in [0.2, 0.25) is 0 Å². The third-order valence-electron chi connectivity index (χ3n) is 2.54. The molecule has 0 fully saturated rings. The molecule has 0 aromatic heterocycles. The zero-order valence-electron chi connectivity index (χ0n) is 9.18. The highest BCUT2D eigenvalue weighted by atomic mass is 32.1. The summed E-state index contributed by atoms with van der Waals surface area (Å²) < 4.78 is 0. The van der Waals surface area contributed by atoms with Gasteiger partial charge in [-0.3, -0.25) is 4.79 Å². The third-order valence-corrected chi connectivity index (χ3v) is 2.89. The lowest BCUT2D eigenvalue weighted by Gasteiger charge is -2.22. The van der Waals surface area contributed by atoms with Gasteiger partial charge in [-0.15, -0.1) is 0 Å². The standard InChI is InChI=1S/C11H10O5S/c1-4-6(10(13)14)3-7(17)9(5(2)12)8(4)11(15)16/h3,9H,1-2H3,(H,13,14)(H,15,16). The van der Waals surface area contributed by atoms with E-state index in [-0.39, 0.29) is 21.6 Å². The molecule has 0 saturated heterocycles. The topological polar surface area (TPSA) is 91.7 Å². The van der Waals surface area contributed by atoms with Gasteiger partial charge in [0, 0.05) is 4.86 Å². The van der Waals surface area contributed by atoms with Gasteiger partial charge in [0.1, 0.15) is 5.78 Å². The molecule has 90 valence electrons. The number of thiocarbonyl (C=S) groups is 1. The first-order chi connectivity index (χ1) is 7.77. The van der Waals surface area contributed by atoms with Crippen LogP contribution in [0.3, 0.4) is 0 Å². The Labute approximate surface area is 102 Å². The highest BCUT2D eigenvalue weighted by molar-refractivity contribution is 7.80. The van der Waals surface area contributed by atoms with E-state index in [4.69, 9.17) is 22.4 Å². The smallest absolute Gasteiger partial charge is 0.336 e. The van der Waals surface area contributed by atoms with E-state index in [1.807, 2.05) is 0 Å². The number of hydrogen-bond acceptors (Lipinski definition) is 4. The number of rotatable bonds is 3. The summed E-state index contributed by atoms with van der Waals surface area (Å²) in [5.41, 5.74) is -0.355. The fraction of sp³-hybridized carbons (Fsp3) is 0.273. The molecule has 1 aliphatic carbocycles. The summed E-state index contributed by atoms with van der Waals surface area (Å²) in [6.07, 6.45) is 1.17. The van der Waals surface area contributed by atoms with Crippen LogP contribution in [0.4, 0.5) is 0 Å². The van der Waals surface area contributed by atoms with E-state index in [9.17, 15) is 14.4 Å². The van der Waals surface area contributed by atoms with Crippen LogP contribution in [0.1, 0.15) is 13.8 Å². The van der Waals surface area contributed by atoms with Crippen molar-refractivity contribution in [2.75, 3.05) is 0 Å². The SMILES string of the molecule is CC(=O)C1C(=S)C=C(C(=O)O)C(C)=C1C(=O)O. The van der Waals surface area contributed by atoms with Gasteiger partial charge >= 0.3 is 11.9 Å². The third kappa shape index (κ3) is 2.31. The summed E-state index contributed by atoms with van der Waals surface area (Å²) in [4.78, 5) is 33.4. The average molecular weight is 254 g/mol. The predicted octanol–water partition coefficient (Wildman–Crippen LogP) is 0.987. The number of carboxylic acids is 2. The highest BCUT2D eigenvalue weighted by Crippen LogP contribution is 2.29. The van der Waals surface area contributed by atoms with E-state index in [1.54, 1.807) is 0 Å². The van der Waals surface area contributed by atoms with Crippen LogP contribution in [-0.2, 0) is 14.4 Å². The van der Waals surface area contributed by atoms with Crippen molar-refractivity contribution in [3.63, 3.8) is 0 Å². The Balaban J connectivity index is 3.48. The molecule has 5 nitrogen and oxygen atoms in total. The van der Waals surface area contributed by atoms with Crippen LogP contribution in [-0.4, -0.2) is 32.8 Å². The Bertz CT molecular complexity index is 498. The zero-order chi connectivity index (χ0) is 13.3. The molecule has 0 aromatic carbocycles. The molecule has 1 rings (SSSR count). The van der Waals surface area contributed by atoms with Crippen molar-refractivity contribution in [2.45, 2.75) is 13.8 Å². The maximum Gasteiger partial charge on any atom is 0.336 e. The molecule has 0 spiro atoms. The quantitative estimate of drug-likeness (QED) is 0.730. The molecule has 0 aliphatic heterocycles. The number of ketones is 1. The second kappa shape index (κ2) is 4.58.